The zero-order valence-electron chi connectivity index (χ0n) is 34.3. The van der Waals surface area contributed by atoms with Crippen molar-refractivity contribution in [1.82, 2.24) is 4.98 Å². The Hall–Kier alpha value is -8.27. The molecular formula is C60H39NO2. The lowest BCUT2D eigenvalue weighted by molar-refractivity contribution is 0.360. The van der Waals surface area contributed by atoms with Crippen molar-refractivity contribution in [3.8, 4) is 90.0 Å². The fourth-order valence-corrected chi connectivity index (χ4v) is 9.72. The average Bonchev–Trinajstić information content (AvgIpc) is 3.65. The van der Waals surface area contributed by atoms with E-state index in [9.17, 15) is 0 Å². The quantitative estimate of drug-likeness (QED) is 0.161. The highest BCUT2D eigenvalue weighted by Gasteiger charge is 2.47. The van der Waals surface area contributed by atoms with E-state index in [4.69, 9.17) is 14.5 Å². The van der Waals surface area contributed by atoms with Crippen LogP contribution in [-0.4, -0.2) is 4.98 Å². The minimum atomic E-state index is -0.569. The molecule has 0 radical (unpaired) electrons. The third kappa shape index (κ3) is 6.16. The molecule has 0 N–H and O–H groups in total. The molecule has 0 bridgehead atoms. The Bertz CT molecular complexity index is 3180. The van der Waals surface area contributed by atoms with Crippen molar-refractivity contribution in [2.45, 2.75) is 5.41 Å². The highest BCUT2D eigenvalue weighted by molar-refractivity contribution is 5.89. The molecule has 296 valence electrons. The molecule has 2 aliphatic rings. The lowest BCUT2D eigenvalue weighted by atomic mass is 9.67. The molecule has 1 aliphatic heterocycles. The van der Waals surface area contributed by atoms with Gasteiger partial charge in [0.25, 0.3) is 0 Å². The van der Waals surface area contributed by atoms with Gasteiger partial charge in [0.1, 0.15) is 0 Å². The molecule has 0 saturated heterocycles. The van der Waals surface area contributed by atoms with Gasteiger partial charge in [-0.2, -0.15) is 0 Å². The zero-order valence-corrected chi connectivity index (χ0v) is 34.3. The van der Waals surface area contributed by atoms with Gasteiger partial charge in [-0.15, -0.1) is 0 Å². The minimum Gasteiger partial charge on any atom is -0.449 e. The molecular weight excluding hydrogens is 767 g/mol. The number of nitrogens with zero attached hydrogens (tertiary/aromatic N) is 1. The van der Waals surface area contributed by atoms with E-state index in [1.54, 1.807) is 0 Å². The summed E-state index contributed by atoms with van der Waals surface area (Å²) in [5.74, 6) is 2.63. The van der Waals surface area contributed by atoms with Crippen LogP contribution in [0.5, 0.6) is 23.0 Å². The molecule has 10 aromatic rings. The maximum Gasteiger partial charge on any atom is 0.179 e. The van der Waals surface area contributed by atoms with Crippen LogP contribution in [0.25, 0.3) is 67.0 Å². The third-order valence-electron chi connectivity index (χ3n) is 12.6. The molecule has 0 spiro atoms. The van der Waals surface area contributed by atoms with Crippen LogP contribution >= 0.6 is 0 Å². The Balaban J connectivity index is 1.02. The fraction of sp³-hybridized carbons (Fsp3) is 0.0167. The molecule has 0 unspecified atom stereocenters. The average molecular weight is 806 g/mol. The van der Waals surface area contributed by atoms with E-state index in [2.05, 4.69) is 218 Å². The second-order valence-electron chi connectivity index (χ2n) is 16.2. The molecule has 63 heavy (non-hydrogen) atoms. The Kier molecular flexibility index (Phi) is 8.72. The summed E-state index contributed by atoms with van der Waals surface area (Å²) >= 11 is 0. The van der Waals surface area contributed by atoms with E-state index < -0.39 is 5.41 Å². The summed E-state index contributed by atoms with van der Waals surface area (Å²) in [6, 6.07) is 83.7. The lowest BCUT2D eigenvalue weighted by Gasteiger charge is -2.34. The molecule has 1 aliphatic carbocycles. The van der Waals surface area contributed by atoms with Crippen LogP contribution in [0.4, 0.5) is 0 Å². The van der Waals surface area contributed by atoms with Crippen LogP contribution in [-0.2, 0) is 5.41 Å². The van der Waals surface area contributed by atoms with Gasteiger partial charge < -0.3 is 9.47 Å². The smallest absolute Gasteiger partial charge is 0.179 e. The van der Waals surface area contributed by atoms with Crippen molar-refractivity contribution in [1.29, 1.82) is 0 Å². The molecule has 9 aromatic carbocycles. The van der Waals surface area contributed by atoms with Gasteiger partial charge in [-0.3, -0.25) is 0 Å². The summed E-state index contributed by atoms with van der Waals surface area (Å²) < 4.78 is 14.0. The van der Waals surface area contributed by atoms with E-state index in [0.717, 1.165) is 61.5 Å². The summed E-state index contributed by atoms with van der Waals surface area (Å²) in [6.45, 7) is 0. The van der Waals surface area contributed by atoms with Crippen LogP contribution in [0.2, 0.25) is 0 Å². The number of aromatic nitrogens is 1. The van der Waals surface area contributed by atoms with Gasteiger partial charge in [0.15, 0.2) is 23.0 Å². The standard InChI is InChI=1S/C60H39NO2/c1-5-18-40(19-6-1)42-22-15-24-44(34-42)46-36-54(45-25-16-23-43(35-45)41-20-7-2-8-21-41)61-55(37-46)50-31-17-33-56-59(50)63-58-39-53-51(38-57(58)62-56)49-30-13-14-32-52(49)60(53,47-26-9-3-10-27-47)48-28-11-4-12-29-48/h1-39H. The molecule has 0 fully saturated rings. The fourth-order valence-electron chi connectivity index (χ4n) is 9.72. The van der Waals surface area contributed by atoms with Gasteiger partial charge in [0, 0.05) is 11.1 Å². The summed E-state index contributed by atoms with van der Waals surface area (Å²) in [5.41, 5.74) is 16.8. The van der Waals surface area contributed by atoms with Crippen molar-refractivity contribution < 1.29 is 9.47 Å². The largest absolute Gasteiger partial charge is 0.449 e. The number of hydrogen-bond acceptors (Lipinski definition) is 3. The predicted octanol–water partition coefficient (Wildman–Crippen LogP) is 15.7. The van der Waals surface area contributed by atoms with Crippen molar-refractivity contribution in [2.24, 2.45) is 0 Å². The predicted molar refractivity (Wildman–Crippen MR) is 255 cm³/mol. The third-order valence-corrected chi connectivity index (χ3v) is 12.6. The lowest BCUT2D eigenvalue weighted by Crippen LogP contribution is -2.28. The van der Waals surface area contributed by atoms with Crippen LogP contribution < -0.4 is 9.47 Å². The second kappa shape index (κ2) is 15.0. The highest BCUT2D eigenvalue weighted by Crippen LogP contribution is 2.60. The highest BCUT2D eigenvalue weighted by atomic mass is 16.6. The SMILES string of the molecule is c1ccc(-c2cccc(-c3cc(-c4cccc(-c5ccccc5)c4)nc(-c4cccc5c4Oc4cc6c(cc4O5)-c4ccccc4C6(c4ccccc4)c4ccccc4)c3)c2)cc1. The molecule has 0 saturated carbocycles. The Labute approximate surface area is 367 Å². The molecule has 3 nitrogen and oxygen atoms in total. The van der Waals surface area contributed by atoms with Gasteiger partial charge in [-0.25, -0.2) is 4.98 Å². The topological polar surface area (TPSA) is 31.4 Å². The number of hydrogen-bond donors (Lipinski definition) is 0. The summed E-state index contributed by atoms with van der Waals surface area (Å²) in [4.78, 5) is 5.43. The number of para-hydroxylation sites is 1. The van der Waals surface area contributed by atoms with Crippen LogP contribution in [0, 0.1) is 0 Å². The van der Waals surface area contributed by atoms with Gasteiger partial charge in [0.2, 0.25) is 0 Å². The van der Waals surface area contributed by atoms with Crippen molar-refractivity contribution in [3.05, 3.63) is 259 Å². The zero-order chi connectivity index (χ0) is 41.7. The van der Waals surface area contributed by atoms with E-state index in [1.807, 2.05) is 18.2 Å². The molecule has 0 atom stereocenters. The van der Waals surface area contributed by atoms with Crippen LogP contribution in [0.15, 0.2) is 237 Å². The Morgan fingerprint density at radius 3 is 1.44 bits per heavy atom. The second-order valence-corrected chi connectivity index (χ2v) is 16.2. The first kappa shape index (κ1) is 36.6. The first-order chi connectivity index (χ1) is 31.2. The number of fused-ring (bicyclic) bond motifs is 5. The molecule has 12 rings (SSSR count). The van der Waals surface area contributed by atoms with Crippen LogP contribution in [0.3, 0.4) is 0 Å². The number of ether oxygens (including phenoxy) is 2. The summed E-state index contributed by atoms with van der Waals surface area (Å²) in [5, 5.41) is 0. The van der Waals surface area contributed by atoms with E-state index in [0.29, 0.717) is 23.0 Å². The molecule has 1 aromatic heterocycles. The van der Waals surface area contributed by atoms with Crippen molar-refractivity contribution in [3.63, 3.8) is 0 Å². The molecule has 0 amide bonds. The van der Waals surface area contributed by atoms with Gasteiger partial charge >= 0.3 is 0 Å². The van der Waals surface area contributed by atoms with Crippen molar-refractivity contribution in [2.75, 3.05) is 0 Å². The monoisotopic (exact) mass is 805 g/mol. The summed E-state index contributed by atoms with van der Waals surface area (Å²) in [7, 11) is 0. The minimum absolute atomic E-state index is 0.569. The van der Waals surface area contributed by atoms with Gasteiger partial charge in [-0.05, 0) is 115 Å². The molecule has 3 heteroatoms. The normalized spacial score (nSPS) is 12.8. The number of rotatable bonds is 7. The van der Waals surface area contributed by atoms with Gasteiger partial charge in [0.05, 0.1) is 16.8 Å². The van der Waals surface area contributed by atoms with E-state index >= 15 is 0 Å². The Morgan fingerprint density at radius 2 is 0.778 bits per heavy atom. The maximum atomic E-state index is 7.13. The van der Waals surface area contributed by atoms with E-state index in [-0.39, 0.29) is 0 Å². The van der Waals surface area contributed by atoms with Crippen LogP contribution in [0.1, 0.15) is 22.3 Å². The summed E-state index contributed by atoms with van der Waals surface area (Å²) in [6.07, 6.45) is 0. The van der Waals surface area contributed by atoms with Crippen molar-refractivity contribution >= 4 is 0 Å². The first-order valence-corrected chi connectivity index (χ1v) is 21.4. The number of pyridine rings is 1. The Morgan fingerprint density at radius 1 is 0.286 bits per heavy atom. The maximum absolute atomic E-state index is 7.13. The van der Waals surface area contributed by atoms with Gasteiger partial charge in [-0.1, -0.05) is 188 Å². The number of benzene rings is 9. The van der Waals surface area contributed by atoms with E-state index in [1.165, 1.54) is 27.8 Å². The molecule has 2 heterocycles. The first-order valence-electron chi connectivity index (χ1n) is 21.4.